The lowest BCUT2D eigenvalue weighted by molar-refractivity contribution is 0.357. The van der Waals surface area contributed by atoms with Crippen molar-refractivity contribution in [2.45, 2.75) is 39.3 Å². The summed E-state index contributed by atoms with van der Waals surface area (Å²) in [6.45, 7) is 6.12. The van der Waals surface area contributed by atoms with E-state index in [0.29, 0.717) is 0 Å². The second kappa shape index (κ2) is 6.81. The van der Waals surface area contributed by atoms with E-state index in [9.17, 15) is 0 Å². The molecule has 112 valence electrons. The van der Waals surface area contributed by atoms with Gasteiger partial charge in [-0.1, -0.05) is 19.1 Å². The fourth-order valence-corrected chi connectivity index (χ4v) is 2.80. The Morgan fingerprint density at radius 3 is 3.10 bits per heavy atom. The van der Waals surface area contributed by atoms with Crippen LogP contribution in [-0.2, 0) is 25.9 Å². The van der Waals surface area contributed by atoms with Crippen molar-refractivity contribution in [2.75, 3.05) is 13.2 Å². The monoisotopic (exact) mass is 284 g/mol. The number of hydrogen-bond acceptors (Lipinski definition) is 2. The van der Waals surface area contributed by atoms with E-state index in [4.69, 9.17) is 4.74 Å². The van der Waals surface area contributed by atoms with Gasteiger partial charge >= 0.3 is 0 Å². The SMILES string of the molecule is CCCNCc1ccn(CCc2ccc3c(c2)CCO3)c1. The molecule has 1 N–H and O–H groups in total. The normalized spacial score (nSPS) is 13.2. The number of nitrogens with one attached hydrogen (secondary N) is 1. The molecule has 1 aromatic carbocycles. The van der Waals surface area contributed by atoms with Gasteiger partial charge in [-0.05, 0) is 48.2 Å². The summed E-state index contributed by atoms with van der Waals surface area (Å²) in [6.07, 6.45) is 7.74. The van der Waals surface area contributed by atoms with Gasteiger partial charge in [0.15, 0.2) is 0 Å². The molecule has 3 nitrogen and oxygen atoms in total. The number of fused-ring (bicyclic) bond motifs is 1. The van der Waals surface area contributed by atoms with E-state index in [1.54, 1.807) is 0 Å². The molecule has 1 aliphatic rings. The summed E-state index contributed by atoms with van der Waals surface area (Å²) in [5.41, 5.74) is 4.13. The molecular formula is C18H24N2O. The number of rotatable bonds is 7. The van der Waals surface area contributed by atoms with Crippen molar-refractivity contribution in [3.8, 4) is 5.75 Å². The molecular weight excluding hydrogens is 260 g/mol. The molecule has 0 unspecified atom stereocenters. The maximum atomic E-state index is 5.55. The largest absolute Gasteiger partial charge is 0.493 e. The molecule has 0 saturated carbocycles. The predicted octanol–water partition coefficient (Wildman–Crippen LogP) is 3.17. The summed E-state index contributed by atoms with van der Waals surface area (Å²) in [7, 11) is 0. The lowest BCUT2D eigenvalue weighted by Gasteiger charge is -2.06. The Labute approximate surface area is 126 Å². The van der Waals surface area contributed by atoms with Crippen molar-refractivity contribution in [1.29, 1.82) is 0 Å². The summed E-state index contributed by atoms with van der Waals surface area (Å²) < 4.78 is 7.84. The molecule has 2 aromatic rings. The van der Waals surface area contributed by atoms with Gasteiger partial charge in [0.2, 0.25) is 0 Å². The topological polar surface area (TPSA) is 26.2 Å². The van der Waals surface area contributed by atoms with Gasteiger partial charge < -0.3 is 14.6 Å². The van der Waals surface area contributed by atoms with Gasteiger partial charge in [0.25, 0.3) is 0 Å². The van der Waals surface area contributed by atoms with E-state index >= 15 is 0 Å². The zero-order valence-electron chi connectivity index (χ0n) is 12.8. The predicted molar refractivity (Wildman–Crippen MR) is 85.8 cm³/mol. The van der Waals surface area contributed by atoms with Crippen LogP contribution in [0.1, 0.15) is 30.0 Å². The minimum absolute atomic E-state index is 0.838. The molecule has 3 heteroatoms. The van der Waals surface area contributed by atoms with Gasteiger partial charge in [-0.25, -0.2) is 0 Å². The van der Waals surface area contributed by atoms with Crippen LogP contribution in [0.2, 0.25) is 0 Å². The lowest BCUT2D eigenvalue weighted by atomic mass is 10.1. The van der Waals surface area contributed by atoms with Gasteiger partial charge in [0.1, 0.15) is 5.75 Å². The van der Waals surface area contributed by atoms with Gasteiger partial charge in [-0.2, -0.15) is 0 Å². The molecule has 0 atom stereocenters. The minimum Gasteiger partial charge on any atom is -0.493 e. The van der Waals surface area contributed by atoms with Crippen LogP contribution in [0.25, 0.3) is 0 Å². The number of ether oxygens (including phenoxy) is 1. The Morgan fingerprint density at radius 2 is 2.19 bits per heavy atom. The van der Waals surface area contributed by atoms with Crippen molar-refractivity contribution in [1.82, 2.24) is 9.88 Å². The second-order valence-corrected chi connectivity index (χ2v) is 5.72. The highest BCUT2D eigenvalue weighted by Crippen LogP contribution is 2.26. The van der Waals surface area contributed by atoms with Gasteiger partial charge in [0, 0.05) is 31.9 Å². The Balaban J connectivity index is 1.53. The first-order valence-electron chi connectivity index (χ1n) is 7.95. The standard InChI is InChI=1S/C18H24N2O/c1-2-8-19-13-16-6-10-20(14-16)9-5-15-3-4-18-17(12-15)7-11-21-18/h3-4,6,10,12,14,19H,2,5,7-9,11,13H2,1H3. The van der Waals surface area contributed by atoms with E-state index in [1.807, 2.05) is 0 Å². The molecule has 21 heavy (non-hydrogen) atoms. The van der Waals surface area contributed by atoms with Gasteiger partial charge in [-0.3, -0.25) is 0 Å². The quantitative estimate of drug-likeness (QED) is 0.790. The first kappa shape index (κ1) is 14.2. The van der Waals surface area contributed by atoms with Crippen molar-refractivity contribution in [3.05, 3.63) is 53.3 Å². The summed E-state index contributed by atoms with van der Waals surface area (Å²) >= 11 is 0. The fraction of sp³-hybridized carbons (Fsp3) is 0.444. The number of aromatic nitrogens is 1. The third-order valence-electron chi connectivity index (χ3n) is 3.98. The zero-order chi connectivity index (χ0) is 14.5. The van der Waals surface area contributed by atoms with Crippen molar-refractivity contribution < 1.29 is 4.74 Å². The lowest BCUT2D eigenvalue weighted by Crippen LogP contribution is -2.13. The van der Waals surface area contributed by atoms with E-state index in [1.165, 1.54) is 23.1 Å². The molecule has 0 amide bonds. The molecule has 0 bridgehead atoms. The van der Waals surface area contributed by atoms with Crippen molar-refractivity contribution in [2.24, 2.45) is 0 Å². The highest BCUT2D eigenvalue weighted by atomic mass is 16.5. The van der Waals surface area contributed by atoms with Crippen LogP contribution in [-0.4, -0.2) is 17.7 Å². The Bertz CT molecular complexity index is 589. The Morgan fingerprint density at radius 1 is 1.24 bits per heavy atom. The molecule has 0 aliphatic carbocycles. The molecule has 2 heterocycles. The summed E-state index contributed by atoms with van der Waals surface area (Å²) in [5.74, 6) is 1.07. The average molecular weight is 284 g/mol. The van der Waals surface area contributed by atoms with Crippen LogP contribution in [0.3, 0.4) is 0 Å². The maximum absolute atomic E-state index is 5.55. The number of hydrogen-bond donors (Lipinski definition) is 1. The third-order valence-corrected chi connectivity index (χ3v) is 3.98. The number of benzene rings is 1. The highest BCUT2D eigenvalue weighted by molar-refractivity contribution is 5.39. The molecule has 0 saturated heterocycles. The third kappa shape index (κ3) is 3.67. The number of nitrogens with zero attached hydrogens (tertiary/aromatic N) is 1. The van der Waals surface area contributed by atoms with Gasteiger partial charge in [0.05, 0.1) is 6.61 Å². The van der Waals surface area contributed by atoms with E-state index in [-0.39, 0.29) is 0 Å². The van der Waals surface area contributed by atoms with Crippen LogP contribution in [0.15, 0.2) is 36.7 Å². The zero-order valence-corrected chi connectivity index (χ0v) is 12.8. The smallest absolute Gasteiger partial charge is 0.122 e. The van der Waals surface area contributed by atoms with Crippen molar-refractivity contribution >= 4 is 0 Å². The minimum atomic E-state index is 0.838. The average Bonchev–Trinajstić information content (AvgIpc) is 3.13. The summed E-state index contributed by atoms with van der Waals surface area (Å²) in [5, 5.41) is 3.44. The summed E-state index contributed by atoms with van der Waals surface area (Å²) in [4.78, 5) is 0. The van der Waals surface area contributed by atoms with Crippen LogP contribution in [0.5, 0.6) is 5.75 Å². The van der Waals surface area contributed by atoms with Crippen LogP contribution >= 0.6 is 0 Å². The molecule has 3 rings (SSSR count). The molecule has 1 aliphatic heterocycles. The van der Waals surface area contributed by atoms with E-state index < -0.39 is 0 Å². The first-order valence-corrected chi connectivity index (χ1v) is 7.95. The Kier molecular flexibility index (Phi) is 4.61. The molecule has 1 aromatic heterocycles. The van der Waals surface area contributed by atoms with E-state index in [0.717, 1.165) is 44.8 Å². The number of aryl methyl sites for hydroxylation is 2. The van der Waals surface area contributed by atoms with Gasteiger partial charge in [-0.15, -0.1) is 0 Å². The first-order chi connectivity index (χ1) is 10.3. The van der Waals surface area contributed by atoms with Crippen molar-refractivity contribution in [3.63, 3.8) is 0 Å². The molecule has 0 spiro atoms. The Hall–Kier alpha value is -1.74. The molecule has 0 radical (unpaired) electrons. The fourth-order valence-electron chi connectivity index (χ4n) is 2.80. The summed E-state index contributed by atoms with van der Waals surface area (Å²) in [6, 6.07) is 8.82. The van der Waals surface area contributed by atoms with Crippen LogP contribution in [0, 0.1) is 0 Å². The highest BCUT2D eigenvalue weighted by Gasteiger charge is 2.11. The van der Waals surface area contributed by atoms with Crippen LogP contribution < -0.4 is 10.1 Å². The van der Waals surface area contributed by atoms with E-state index in [2.05, 4.69) is 53.5 Å². The molecule has 0 fully saturated rings. The second-order valence-electron chi connectivity index (χ2n) is 5.72. The maximum Gasteiger partial charge on any atom is 0.122 e. The van der Waals surface area contributed by atoms with Crippen LogP contribution in [0.4, 0.5) is 0 Å².